The maximum absolute atomic E-state index is 13.3. The summed E-state index contributed by atoms with van der Waals surface area (Å²) < 4.78 is 49.1. The molecule has 0 aliphatic heterocycles. The number of nitrogens with one attached hydrogen (secondary N) is 1. The van der Waals surface area contributed by atoms with E-state index in [0.717, 1.165) is 12.1 Å². The van der Waals surface area contributed by atoms with Crippen molar-refractivity contribution in [1.82, 2.24) is 5.32 Å². The molecule has 1 rings (SSSR count). The van der Waals surface area contributed by atoms with E-state index in [1.165, 1.54) is 6.07 Å². The highest BCUT2D eigenvalue weighted by Gasteiger charge is 2.28. The zero-order valence-corrected chi connectivity index (χ0v) is 9.51. The van der Waals surface area contributed by atoms with Crippen molar-refractivity contribution in [2.24, 2.45) is 0 Å². The van der Waals surface area contributed by atoms with Crippen LogP contribution in [0.25, 0.3) is 0 Å². The van der Waals surface area contributed by atoms with Crippen LogP contribution in [0.4, 0.5) is 17.6 Å². The van der Waals surface area contributed by atoms with E-state index in [-0.39, 0.29) is 5.56 Å². The van der Waals surface area contributed by atoms with Crippen molar-refractivity contribution >= 4 is 5.91 Å². The molecule has 102 valence electrons. The quantitative estimate of drug-likeness (QED) is 0.634. The third-order valence-corrected chi connectivity index (χ3v) is 1.97. The topological polar surface area (TPSA) is 49.3 Å². The number of hydrogen-bond donors (Lipinski definition) is 2. The minimum atomic E-state index is -4.57. The Morgan fingerprint density at radius 1 is 1.37 bits per heavy atom. The Labute approximate surface area is 106 Å². The second-order valence-electron chi connectivity index (χ2n) is 3.45. The Bertz CT molecular complexity index is 529. The van der Waals surface area contributed by atoms with Crippen LogP contribution in [0.3, 0.4) is 0 Å². The SMILES string of the molecule is O=C(NCC(F)(F)F)c1cc(C#CCO)ccc1F. The van der Waals surface area contributed by atoms with Crippen molar-refractivity contribution in [3.05, 3.63) is 35.1 Å². The number of hydrogen-bond acceptors (Lipinski definition) is 2. The van der Waals surface area contributed by atoms with Crippen molar-refractivity contribution < 1.29 is 27.5 Å². The Hall–Kier alpha value is -2.07. The van der Waals surface area contributed by atoms with Gasteiger partial charge in [-0.3, -0.25) is 4.79 Å². The minimum Gasteiger partial charge on any atom is -0.384 e. The minimum absolute atomic E-state index is 0.215. The van der Waals surface area contributed by atoms with Crippen LogP contribution in [0.15, 0.2) is 18.2 Å². The fraction of sp³-hybridized carbons (Fsp3) is 0.250. The molecule has 0 aromatic heterocycles. The first kappa shape index (κ1) is 15.0. The van der Waals surface area contributed by atoms with Gasteiger partial charge in [0.1, 0.15) is 19.0 Å². The Morgan fingerprint density at radius 3 is 2.63 bits per heavy atom. The molecule has 0 heterocycles. The monoisotopic (exact) mass is 275 g/mol. The first-order valence-corrected chi connectivity index (χ1v) is 5.07. The molecule has 0 aliphatic carbocycles. The summed E-state index contributed by atoms with van der Waals surface area (Å²) in [7, 11) is 0. The molecular weight excluding hydrogens is 266 g/mol. The number of carbonyl (C=O) groups excluding carboxylic acids is 1. The van der Waals surface area contributed by atoms with Gasteiger partial charge in [0, 0.05) is 5.56 Å². The number of aliphatic hydroxyl groups excluding tert-OH is 1. The molecule has 0 bridgehead atoms. The number of carbonyl (C=O) groups is 1. The molecule has 2 N–H and O–H groups in total. The van der Waals surface area contributed by atoms with Gasteiger partial charge in [-0.15, -0.1) is 0 Å². The first-order chi connectivity index (χ1) is 8.83. The van der Waals surface area contributed by atoms with E-state index in [2.05, 4.69) is 11.8 Å². The zero-order chi connectivity index (χ0) is 14.5. The van der Waals surface area contributed by atoms with Gasteiger partial charge < -0.3 is 10.4 Å². The fourth-order valence-corrected chi connectivity index (χ4v) is 1.19. The van der Waals surface area contributed by atoms with E-state index in [1.54, 1.807) is 5.32 Å². The molecule has 1 aromatic carbocycles. The van der Waals surface area contributed by atoms with Gasteiger partial charge in [-0.2, -0.15) is 13.2 Å². The maximum atomic E-state index is 13.3. The van der Waals surface area contributed by atoms with E-state index in [4.69, 9.17) is 5.11 Å². The van der Waals surface area contributed by atoms with Crippen molar-refractivity contribution in [2.75, 3.05) is 13.2 Å². The summed E-state index contributed by atoms with van der Waals surface area (Å²) in [6, 6.07) is 3.19. The van der Waals surface area contributed by atoms with Crippen molar-refractivity contribution in [3.8, 4) is 11.8 Å². The molecule has 0 atom stereocenters. The smallest absolute Gasteiger partial charge is 0.384 e. The molecule has 1 amide bonds. The van der Waals surface area contributed by atoms with Crippen LogP contribution >= 0.6 is 0 Å². The van der Waals surface area contributed by atoms with Gasteiger partial charge in [-0.1, -0.05) is 11.8 Å². The molecule has 0 aliphatic rings. The van der Waals surface area contributed by atoms with E-state index in [0.29, 0.717) is 0 Å². The molecule has 0 saturated carbocycles. The number of rotatable bonds is 2. The number of alkyl halides is 3. The second-order valence-corrected chi connectivity index (χ2v) is 3.45. The molecule has 7 heteroatoms. The van der Waals surface area contributed by atoms with E-state index in [9.17, 15) is 22.4 Å². The van der Waals surface area contributed by atoms with Crippen LogP contribution in [0.2, 0.25) is 0 Å². The summed E-state index contributed by atoms with van der Waals surface area (Å²) in [6.45, 7) is -1.97. The molecule has 1 aromatic rings. The van der Waals surface area contributed by atoms with Gasteiger partial charge in [-0.05, 0) is 18.2 Å². The number of aliphatic hydroxyl groups is 1. The lowest BCUT2D eigenvalue weighted by Gasteiger charge is -2.09. The van der Waals surface area contributed by atoms with E-state index < -0.39 is 36.6 Å². The lowest BCUT2D eigenvalue weighted by atomic mass is 10.1. The van der Waals surface area contributed by atoms with E-state index >= 15 is 0 Å². The third-order valence-electron chi connectivity index (χ3n) is 1.97. The maximum Gasteiger partial charge on any atom is 0.405 e. The predicted octanol–water partition coefficient (Wildman–Crippen LogP) is 1.46. The van der Waals surface area contributed by atoms with Crippen LogP contribution < -0.4 is 5.32 Å². The molecule has 0 radical (unpaired) electrons. The molecule has 0 saturated heterocycles. The molecular formula is C12H9F4NO2. The Kier molecular flexibility index (Phi) is 4.89. The standard InChI is InChI=1S/C12H9F4NO2/c13-10-4-3-8(2-1-5-18)6-9(10)11(19)17-7-12(14,15)16/h3-4,6,18H,5,7H2,(H,17,19). The summed E-state index contributed by atoms with van der Waals surface area (Å²) in [5.74, 6) is 2.57. The molecule has 0 spiro atoms. The van der Waals surface area contributed by atoms with Gasteiger partial charge in [-0.25, -0.2) is 4.39 Å². The molecule has 0 unspecified atom stereocenters. The van der Waals surface area contributed by atoms with Crippen molar-refractivity contribution in [3.63, 3.8) is 0 Å². The summed E-state index contributed by atoms with van der Waals surface area (Å²) in [6.07, 6.45) is -4.57. The molecule has 3 nitrogen and oxygen atoms in total. The predicted molar refractivity (Wildman–Crippen MR) is 58.8 cm³/mol. The average molecular weight is 275 g/mol. The normalized spacial score (nSPS) is 10.6. The van der Waals surface area contributed by atoms with Gasteiger partial charge in [0.25, 0.3) is 5.91 Å². The highest BCUT2D eigenvalue weighted by atomic mass is 19.4. The van der Waals surface area contributed by atoms with Crippen LogP contribution in [0.5, 0.6) is 0 Å². The molecule has 19 heavy (non-hydrogen) atoms. The summed E-state index contributed by atoms with van der Waals surface area (Å²) in [4.78, 5) is 11.4. The summed E-state index contributed by atoms with van der Waals surface area (Å²) in [5.41, 5.74) is -0.318. The number of amides is 1. The number of halogens is 4. The van der Waals surface area contributed by atoms with Crippen LogP contribution in [-0.2, 0) is 0 Å². The van der Waals surface area contributed by atoms with Gasteiger partial charge in [0.05, 0.1) is 5.56 Å². The average Bonchev–Trinajstić information content (AvgIpc) is 2.34. The lowest BCUT2D eigenvalue weighted by molar-refractivity contribution is -0.123. The zero-order valence-electron chi connectivity index (χ0n) is 9.51. The summed E-state index contributed by atoms with van der Waals surface area (Å²) in [5, 5.41) is 10.0. The third kappa shape index (κ3) is 4.97. The fourth-order valence-electron chi connectivity index (χ4n) is 1.19. The van der Waals surface area contributed by atoms with Crippen LogP contribution in [0, 0.1) is 17.7 Å². The largest absolute Gasteiger partial charge is 0.405 e. The lowest BCUT2D eigenvalue weighted by Crippen LogP contribution is -2.34. The first-order valence-electron chi connectivity index (χ1n) is 5.07. The highest BCUT2D eigenvalue weighted by Crippen LogP contribution is 2.14. The van der Waals surface area contributed by atoms with Crippen LogP contribution in [0.1, 0.15) is 15.9 Å². The number of benzene rings is 1. The van der Waals surface area contributed by atoms with Gasteiger partial charge in [0.15, 0.2) is 0 Å². The highest BCUT2D eigenvalue weighted by molar-refractivity contribution is 5.94. The van der Waals surface area contributed by atoms with Crippen molar-refractivity contribution in [2.45, 2.75) is 6.18 Å². The van der Waals surface area contributed by atoms with Crippen LogP contribution in [-0.4, -0.2) is 30.3 Å². The Morgan fingerprint density at radius 2 is 2.05 bits per heavy atom. The van der Waals surface area contributed by atoms with E-state index in [1.807, 2.05) is 0 Å². The van der Waals surface area contributed by atoms with Gasteiger partial charge >= 0.3 is 6.18 Å². The van der Waals surface area contributed by atoms with Gasteiger partial charge in [0.2, 0.25) is 0 Å². The Balaban J connectivity index is 2.89. The summed E-state index contributed by atoms with van der Waals surface area (Å²) >= 11 is 0. The second kappa shape index (κ2) is 6.20. The molecule has 0 fully saturated rings. The van der Waals surface area contributed by atoms with Crippen molar-refractivity contribution in [1.29, 1.82) is 0 Å².